The molecule has 0 bridgehead atoms. The molecule has 1 amide bonds. The van der Waals surface area contributed by atoms with Gasteiger partial charge in [-0.05, 0) is 18.1 Å². The smallest absolute Gasteiger partial charge is 0.293 e. The molecule has 84 valence electrons. The van der Waals surface area contributed by atoms with Crippen LogP contribution in [0.5, 0.6) is 0 Å². The summed E-state index contributed by atoms with van der Waals surface area (Å²) in [6.45, 7) is 0.576. The Balaban J connectivity index is 2.60. The molecule has 0 fully saturated rings. The molecule has 0 aliphatic carbocycles. The molecule has 1 heterocycles. The molecule has 0 saturated carbocycles. The topological polar surface area (TPSA) is 84.3 Å². The lowest BCUT2D eigenvalue weighted by molar-refractivity contribution is -0.384. The molecule has 16 heavy (non-hydrogen) atoms. The van der Waals surface area contributed by atoms with Crippen LogP contribution in [0.2, 0.25) is 0 Å². The average molecular weight is 221 g/mol. The van der Waals surface area contributed by atoms with Crippen molar-refractivity contribution in [2.24, 2.45) is 0 Å². The van der Waals surface area contributed by atoms with Crippen LogP contribution in [0.1, 0.15) is 15.9 Å². The second-order valence-electron chi connectivity index (χ2n) is 3.54. The van der Waals surface area contributed by atoms with Crippen molar-refractivity contribution >= 4 is 17.3 Å². The number of nitrogens with zero attached hydrogens (tertiary/aromatic N) is 1. The zero-order chi connectivity index (χ0) is 11.7. The summed E-state index contributed by atoms with van der Waals surface area (Å²) >= 11 is 0. The minimum Gasteiger partial charge on any atom is -0.383 e. The van der Waals surface area contributed by atoms with E-state index in [0.717, 1.165) is 5.56 Å². The molecule has 0 aromatic heterocycles. The Bertz CT molecular complexity index is 459. The molecule has 0 radical (unpaired) electrons. The van der Waals surface area contributed by atoms with E-state index in [4.69, 9.17) is 0 Å². The van der Waals surface area contributed by atoms with Gasteiger partial charge in [0.1, 0.15) is 5.69 Å². The minimum atomic E-state index is -0.492. The van der Waals surface area contributed by atoms with E-state index in [1.165, 1.54) is 6.07 Å². The van der Waals surface area contributed by atoms with E-state index in [1.54, 1.807) is 13.1 Å². The summed E-state index contributed by atoms with van der Waals surface area (Å²) in [5.41, 5.74) is 1.62. The van der Waals surface area contributed by atoms with Gasteiger partial charge in [-0.2, -0.15) is 0 Å². The molecular formula is C10H11N3O3. The highest BCUT2D eigenvalue weighted by Gasteiger charge is 2.23. The summed E-state index contributed by atoms with van der Waals surface area (Å²) in [5, 5.41) is 16.2. The Labute approximate surface area is 91.8 Å². The van der Waals surface area contributed by atoms with Crippen molar-refractivity contribution in [3.8, 4) is 0 Å². The normalized spacial score (nSPS) is 13.9. The molecule has 6 heteroatoms. The first-order valence-electron chi connectivity index (χ1n) is 4.90. The quantitative estimate of drug-likeness (QED) is 0.574. The van der Waals surface area contributed by atoms with Gasteiger partial charge in [-0.1, -0.05) is 0 Å². The van der Waals surface area contributed by atoms with Gasteiger partial charge in [0.25, 0.3) is 11.6 Å². The fourth-order valence-corrected chi connectivity index (χ4v) is 1.81. The molecule has 1 aliphatic heterocycles. The number of carbonyl (C=O) groups is 1. The SMILES string of the molecule is CNc1cc2c(cc1[N+](=O)[O-])C(=O)NCC2. The van der Waals surface area contributed by atoms with Crippen molar-refractivity contribution in [1.82, 2.24) is 5.32 Å². The predicted octanol–water partition coefficient (Wildman–Crippen LogP) is 0.922. The van der Waals surface area contributed by atoms with E-state index in [9.17, 15) is 14.9 Å². The first-order chi connectivity index (χ1) is 7.63. The number of nitrogens with one attached hydrogen (secondary N) is 2. The van der Waals surface area contributed by atoms with Crippen molar-refractivity contribution in [3.63, 3.8) is 0 Å². The van der Waals surface area contributed by atoms with Crippen molar-refractivity contribution in [3.05, 3.63) is 33.4 Å². The standard InChI is InChI=1S/C10H11N3O3/c1-11-8-4-6-2-3-12-10(14)7(6)5-9(8)13(15)16/h4-5,11H,2-3H2,1H3,(H,12,14). The number of anilines is 1. The summed E-state index contributed by atoms with van der Waals surface area (Å²) in [4.78, 5) is 21.8. The van der Waals surface area contributed by atoms with Crippen LogP contribution >= 0.6 is 0 Å². The molecule has 1 aliphatic rings. The number of fused-ring (bicyclic) bond motifs is 1. The van der Waals surface area contributed by atoms with Crippen LogP contribution in [0.15, 0.2) is 12.1 Å². The summed E-state index contributed by atoms with van der Waals surface area (Å²) in [5.74, 6) is -0.244. The van der Waals surface area contributed by atoms with E-state index in [0.29, 0.717) is 24.2 Å². The van der Waals surface area contributed by atoms with Gasteiger partial charge in [0.15, 0.2) is 0 Å². The molecule has 6 nitrogen and oxygen atoms in total. The van der Waals surface area contributed by atoms with Crippen LogP contribution in [0.3, 0.4) is 0 Å². The monoisotopic (exact) mass is 221 g/mol. The van der Waals surface area contributed by atoms with Crippen LogP contribution in [-0.2, 0) is 6.42 Å². The fourth-order valence-electron chi connectivity index (χ4n) is 1.81. The van der Waals surface area contributed by atoms with Crippen LogP contribution in [0.25, 0.3) is 0 Å². The number of nitro groups is 1. The zero-order valence-electron chi connectivity index (χ0n) is 8.74. The Morgan fingerprint density at radius 3 is 2.88 bits per heavy atom. The van der Waals surface area contributed by atoms with Gasteiger partial charge in [-0.3, -0.25) is 14.9 Å². The molecule has 1 aromatic rings. The van der Waals surface area contributed by atoms with Crippen LogP contribution < -0.4 is 10.6 Å². The molecule has 0 spiro atoms. The molecule has 0 unspecified atom stereocenters. The van der Waals surface area contributed by atoms with Gasteiger partial charge in [0.05, 0.1) is 4.92 Å². The second kappa shape index (κ2) is 3.80. The predicted molar refractivity (Wildman–Crippen MR) is 58.7 cm³/mol. The van der Waals surface area contributed by atoms with Gasteiger partial charge in [0, 0.05) is 25.2 Å². The number of hydrogen-bond acceptors (Lipinski definition) is 4. The molecular weight excluding hydrogens is 210 g/mol. The fraction of sp³-hybridized carbons (Fsp3) is 0.300. The lowest BCUT2D eigenvalue weighted by Gasteiger charge is -2.17. The van der Waals surface area contributed by atoms with Crippen LogP contribution in [-0.4, -0.2) is 24.4 Å². The van der Waals surface area contributed by atoms with Gasteiger partial charge < -0.3 is 10.6 Å². The molecule has 0 atom stereocenters. The minimum absolute atomic E-state index is 0.0710. The summed E-state index contributed by atoms with van der Waals surface area (Å²) in [6.07, 6.45) is 0.702. The lowest BCUT2D eigenvalue weighted by Crippen LogP contribution is -2.31. The largest absolute Gasteiger partial charge is 0.383 e. The third-order valence-corrected chi connectivity index (χ3v) is 2.61. The number of hydrogen-bond donors (Lipinski definition) is 2. The third-order valence-electron chi connectivity index (χ3n) is 2.61. The summed E-state index contributed by atoms with van der Waals surface area (Å²) < 4.78 is 0. The molecule has 2 rings (SSSR count). The zero-order valence-corrected chi connectivity index (χ0v) is 8.74. The maximum Gasteiger partial charge on any atom is 0.293 e. The Morgan fingerprint density at radius 1 is 1.50 bits per heavy atom. The van der Waals surface area contributed by atoms with Crippen molar-refractivity contribution in [1.29, 1.82) is 0 Å². The maximum atomic E-state index is 11.5. The maximum absolute atomic E-state index is 11.5. The van der Waals surface area contributed by atoms with E-state index < -0.39 is 4.92 Å². The van der Waals surface area contributed by atoms with E-state index in [2.05, 4.69) is 10.6 Å². The van der Waals surface area contributed by atoms with E-state index >= 15 is 0 Å². The molecule has 2 N–H and O–H groups in total. The molecule has 0 saturated heterocycles. The van der Waals surface area contributed by atoms with Gasteiger partial charge in [0.2, 0.25) is 0 Å². The number of carbonyl (C=O) groups excluding carboxylic acids is 1. The third kappa shape index (κ3) is 1.58. The first-order valence-corrected chi connectivity index (χ1v) is 4.90. The average Bonchev–Trinajstić information content (AvgIpc) is 2.27. The number of nitro benzene ring substituents is 1. The molecule has 1 aromatic carbocycles. The van der Waals surface area contributed by atoms with Gasteiger partial charge >= 0.3 is 0 Å². The number of benzene rings is 1. The van der Waals surface area contributed by atoms with Gasteiger partial charge in [-0.25, -0.2) is 0 Å². The second-order valence-corrected chi connectivity index (χ2v) is 3.54. The first kappa shape index (κ1) is 10.4. The number of amides is 1. The van der Waals surface area contributed by atoms with Crippen molar-refractivity contribution in [2.45, 2.75) is 6.42 Å². The van der Waals surface area contributed by atoms with Gasteiger partial charge in [-0.15, -0.1) is 0 Å². The Morgan fingerprint density at radius 2 is 2.25 bits per heavy atom. The number of rotatable bonds is 2. The summed E-state index contributed by atoms with van der Waals surface area (Å²) in [6, 6.07) is 3.00. The summed E-state index contributed by atoms with van der Waals surface area (Å²) in [7, 11) is 1.62. The lowest BCUT2D eigenvalue weighted by atomic mass is 9.98. The highest BCUT2D eigenvalue weighted by Crippen LogP contribution is 2.29. The highest BCUT2D eigenvalue weighted by molar-refractivity contribution is 5.98. The van der Waals surface area contributed by atoms with Crippen LogP contribution in [0.4, 0.5) is 11.4 Å². The highest BCUT2D eigenvalue weighted by atomic mass is 16.6. The Hall–Kier alpha value is -2.11. The van der Waals surface area contributed by atoms with Crippen molar-refractivity contribution < 1.29 is 9.72 Å². The van der Waals surface area contributed by atoms with Crippen LogP contribution in [0, 0.1) is 10.1 Å². The van der Waals surface area contributed by atoms with E-state index in [-0.39, 0.29) is 11.6 Å². The van der Waals surface area contributed by atoms with Crippen molar-refractivity contribution in [2.75, 3.05) is 18.9 Å². The Kier molecular flexibility index (Phi) is 2.47. The van der Waals surface area contributed by atoms with E-state index in [1.807, 2.05) is 0 Å².